The summed E-state index contributed by atoms with van der Waals surface area (Å²) in [5.74, 6) is 0. The Bertz CT molecular complexity index is 3390. The van der Waals surface area contributed by atoms with Crippen LogP contribution in [0.5, 0.6) is 0 Å². The molecule has 0 saturated heterocycles. The van der Waals surface area contributed by atoms with E-state index >= 15 is 0 Å². The zero-order valence-electron chi connectivity index (χ0n) is 32.7. The van der Waals surface area contributed by atoms with Gasteiger partial charge in [0, 0.05) is 12.4 Å². The van der Waals surface area contributed by atoms with E-state index < -0.39 is 0 Å². The fraction of sp³-hybridized carbons (Fsp3) is 0.0357. The molecule has 11 rings (SSSR count). The van der Waals surface area contributed by atoms with Crippen molar-refractivity contribution in [3.63, 3.8) is 0 Å². The van der Waals surface area contributed by atoms with Gasteiger partial charge in [0.15, 0.2) is 0 Å². The van der Waals surface area contributed by atoms with Crippen molar-refractivity contribution in [2.45, 2.75) is 12.8 Å². The SMILES string of the molecule is N#Cc1cc(-c2ccc3c4ccccc4c4ccccc4c3c2)cc(-c2ccc(-c3ccc(-c4cc(C5=CCCC=N5)nc(-c5ccccn5)c4)cc3)c3ccccc23)c1. The summed E-state index contributed by atoms with van der Waals surface area (Å²) in [6.45, 7) is 0. The number of hydrogen-bond donors (Lipinski definition) is 0. The molecule has 2 aromatic heterocycles. The minimum Gasteiger partial charge on any atom is -0.259 e. The summed E-state index contributed by atoms with van der Waals surface area (Å²) in [7, 11) is 0. The van der Waals surface area contributed by atoms with Gasteiger partial charge < -0.3 is 0 Å². The van der Waals surface area contributed by atoms with Gasteiger partial charge in [-0.25, -0.2) is 4.98 Å². The van der Waals surface area contributed by atoms with Gasteiger partial charge in [-0.3, -0.25) is 9.98 Å². The molecule has 10 aromatic rings. The van der Waals surface area contributed by atoms with E-state index in [1.807, 2.05) is 36.5 Å². The number of aliphatic imine (C=N–C) groups is 1. The zero-order chi connectivity index (χ0) is 40.0. The number of nitrogens with zero attached hydrogens (tertiary/aromatic N) is 4. The Balaban J connectivity index is 0.984. The van der Waals surface area contributed by atoms with Crippen molar-refractivity contribution >= 4 is 55.0 Å². The van der Waals surface area contributed by atoms with Crippen molar-refractivity contribution in [1.82, 2.24) is 9.97 Å². The molecule has 0 unspecified atom stereocenters. The van der Waals surface area contributed by atoms with Crippen LogP contribution in [0.15, 0.2) is 193 Å². The summed E-state index contributed by atoms with van der Waals surface area (Å²) in [5.41, 5.74) is 12.7. The van der Waals surface area contributed by atoms with Crippen molar-refractivity contribution in [2.75, 3.05) is 0 Å². The van der Waals surface area contributed by atoms with Crippen LogP contribution >= 0.6 is 0 Å². The quantitative estimate of drug-likeness (QED) is 0.158. The first-order valence-electron chi connectivity index (χ1n) is 20.4. The molecule has 0 fully saturated rings. The van der Waals surface area contributed by atoms with Crippen molar-refractivity contribution in [3.05, 3.63) is 199 Å². The summed E-state index contributed by atoms with van der Waals surface area (Å²) in [6, 6.07) is 64.7. The molecule has 280 valence electrons. The molecule has 1 aliphatic heterocycles. The molecule has 4 heteroatoms. The van der Waals surface area contributed by atoms with Crippen LogP contribution in [-0.2, 0) is 0 Å². The third kappa shape index (κ3) is 6.21. The third-order valence-corrected chi connectivity index (χ3v) is 11.8. The van der Waals surface area contributed by atoms with Gasteiger partial charge in [0.05, 0.1) is 34.4 Å². The molecule has 60 heavy (non-hydrogen) atoms. The van der Waals surface area contributed by atoms with E-state index in [-0.39, 0.29) is 0 Å². The summed E-state index contributed by atoms with van der Waals surface area (Å²) in [6.07, 6.45) is 7.84. The number of rotatable bonds is 6. The van der Waals surface area contributed by atoms with Crippen molar-refractivity contribution in [2.24, 2.45) is 4.99 Å². The molecule has 0 amide bonds. The van der Waals surface area contributed by atoms with Crippen LogP contribution in [0.1, 0.15) is 24.1 Å². The van der Waals surface area contributed by atoms with Crippen LogP contribution < -0.4 is 0 Å². The molecule has 1 aliphatic rings. The average Bonchev–Trinajstić information content (AvgIpc) is 3.34. The summed E-state index contributed by atoms with van der Waals surface area (Å²) >= 11 is 0. The lowest BCUT2D eigenvalue weighted by Gasteiger charge is -2.15. The third-order valence-electron chi connectivity index (χ3n) is 11.8. The van der Waals surface area contributed by atoms with Gasteiger partial charge >= 0.3 is 0 Å². The minimum absolute atomic E-state index is 0.631. The van der Waals surface area contributed by atoms with Crippen molar-refractivity contribution in [3.8, 4) is 62.0 Å². The van der Waals surface area contributed by atoms with E-state index in [1.54, 1.807) is 6.20 Å². The lowest BCUT2D eigenvalue weighted by molar-refractivity contribution is 1.08. The maximum absolute atomic E-state index is 10.3. The maximum Gasteiger partial charge on any atom is 0.0992 e. The van der Waals surface area contributed by atoms with Crippen LogP contribution in [0.25, 0.3) is 105 Å². The molecular formula is C56H36N4. The Morgan fingerprint density at radius 2 is 0.967 bits per heavy atom. The molecule has 3 heterocycles. The van der Waals surface area contributed by atoms with E-state index in [2.05, 4.69) is 168 Å². The first kappa shape index (κ1) is 35.2. The molecular weight excluding hydrogens is 729 g/mol. The number of nitriles is 1. The molecule has 0 atom stereocenters. The van der Waals surface area contributed by atoms with Crippen molar-refractivity contribution in [1.29, 1.82) is 5.26 Å². The minimum atomic E-state index is 0.631. The molecule has 0 bridgehead atoms. The summed E-state index contributed by atoms with van der Waals surface area (Å²) < 4.78 is 0. The van der Waals surface area contributed by atoms with E-state index in [9.17, 15) is 5.26 Å². The van der Waals surface area contributed by atoms with Gasteiger partial charge in [-0.1, -0.05) is 133 Å². The highest BCUT2D eigenvalue weighted by atomic mass is 14.8. The number of fused-ring (bicyclic) bond motifs is 7. The number of benzene rings is 8. The van der Waals surface area contributed by atoms with Crippen LogP contribution in [0.4, 0.5) is 0 Å². The standard InChI is InChI=1S/C56H36N4/c57-35-36-29-40(39-23-24-51-49-15-4-3-13-47(49)48-14-5-6-16-50(48)52(51)32-39)31-42(30-36)44-26-25-43(45-11-1-2-12-46(44)45)38-21-19-37(20-22-38)41-33-55(53-17-7-9-27-58-53)60-56(34-41)54-18-8-10-28-59-54/h1-7,9,11-34H,8,10H2. The lowest BCUT2D eigenvalue weighted by Crippen LogP contribution is -1.97. The second kappa shape index (κ2) is 14.7. The maximum atomic E-state index is 10.3. The van der Waals surface area contributed by atoms with Gasteiger partial charge in [-0.2, -0.15) is 5.26 Å². The largest absolute Gasteiger partial charge is 0.259 e. The molecule has 4 nitrogen and oxygen atoms in total. The topological polar surface area (TPSA) is 61.9 Å². The first-order chi connectivity index (χ1) is 29.7. The first-order valence-corrected chi connectivity index (χ1v) is 20.4. The Kier molecular flexibility index (Phi) is 8.64. The summed E-state index contributed by atoms with van der Waals surface area (Å²) in [4.78, 5) is 14.3. The van der Waals surface area contributed by atoms with Gasteiger partial charge in [0.1, 0.15) is 0 Å². The second-order valence-corrected chi connectivity index (χ2v) is 15.4. The van der Waals surface area contributed by atoms with Gasteiger partial charge in [-0.05, 0) is 149 Å². The lowest BCUT2D eigenvalue weighted by atomic mass is 9.88. The molecule has 0 radical (unpaired) electrons. The molecule has 0 saturated carbocycles. The van der Waals surface area contributed by atoms with E-state index in [1.165, 1.54) is 32.3 Å². The molecule has 0 aliphatic carbocycles. The normalized spacial score (nSPS) is 12.6. The monoisotopic (exact) mass is 764 g/mol. The van der Waals surface area contributed by atoms with Crippen LogP contribution in [-0.4, -0.2) is 16.2 Å². The Hall–Kier alpha value is -8.00. The van der Waals surface area contributed by atoms with Crippen LogP contribution in [0.2, 0.25) is 0 Å². The Morgan fingerprint density at radius 1 is 0.400 bits per heavy atom. The number of hydrogen-bond acceptors (Lipinski definition) is 4. The van der Waals surface area contributed by atoms with E-state index in [4.69, 9.17) is 4.98 Å². The number of aromatic nitrogens is 2. The fourth-order valence-electron chi connectivity index (χ4n) is 8.90. The average molecular weight is 765 g/mol. The fourth-order valence-corrected chi connectivity index (χ4v) is 8.90. The number of allylic oxidation sites excluding steroid dienone is 1. The van der Waals surface area contributed by atoms with Gasteiger partial charge in [0.25, 0.3) is 0 Å². The molecule has 0 spiro atoms. The highest BCUT2D eigenvalue weighted by Crippen LogP contribution is 2.41. The number of pyridine rings is 2. The summed E-state index contributed by atoms with van der Waals surface area (Å²) in [5, 5.41) is 20.0. The van der Waals surface area contributed by atoms with Crippen LogP contribution in [0.3, 0.4) is 0 Å². The molecule has 8 aromatic carbocycles. The Labute approximate surface area is 348 Å². The van der Waals surface area contributed by atoms with Gasteiger partial charge in [-0.15, -0.1) is 0 Å². The Morgan fingerprint density at radius 3 is 1.62 bits per heavy atom. The van der Waals surface area contributed by atoms with Gasteiger partial charge in [0.2, 0.25) is 0 Å². The highest BCUT2D eigenvalue weighted by Gasteiger charge is 2.16. The zero-order valence-corrected chi connectivity index (χ0v) is 32.7. The van der Waals surface area contributed by atoms with Crippen LogP contribution in [0, 0.1) is 11.3 Å². The molecule has 0 N–H and O–H groups in total. The highest BCUT2D eigenvalue weighted by molar-refractivity contribution is 6.25. The van der Waals surface area contributed by atoms with E-state index in [0.717, 1.165) is 90.9 Å². The smallest absolute Gasteiger partial charge is 0.0992 e. The van der Waals surface area contributed by atoms with E-state index in [0.29, 0.717) is 5.56 Å². The predicted octanol–water partition coefficient (Wildman–Crippen LogP) is 14.5. The second-order valence-electron chi connectivity index (χ2n) is 15.4. The van der Waals surface area contributed by atoms with Crippen molar-refractivity contribution < 1.29 is 0 Å². The predicted molar refractivity (Wildman–Crippen MR) is 250 cm³/mol.